The van der Waals surface area contributed by atoms with Crippen LogP contribution in [0.4, 0.5) is 5.95 Å². The number of rotatable bonds is 3. The van der Waals surface area contributed by atoms with Crippen LogP contribution in [0.3, 0.4) is 0 Å². The van der Waals surface area contributed by atoms with Crippen LogP contribution in [0.2, 0.25) is 0 Å². The number of nitrogens with one attached hydrogen (secondary N) is 1. The molecule has 6 heteroatoms. The molecule has 0 aromatic carbocycles. The summed E-state index contributed by atoms with van der Waals surface area (Å²) in [5, 5.41) is 0. The highest BCUT2D eigenvalue weighted by Gasteiger charge is 2.19. The topological polar surface area (TPSA) is 65.1 Å². The van der Waals surface area contributed by atoms with E-state index in [0.29, 0.717) is 5.95 Å². The number of anilines is 1. The lowest BCUT2D eigenvalue weighted by Gasteiger charge is -2.19. The van der Waals surface area contributed by atoms with E-state index in [0.717, 1.165) is 55.1 Å². The van der Waals surface area contributed by atoms with Gasteiger partial charge in [0, 0.05) is 51.4 Å². The van der Waals surface area contributed by atoms with Crippen LogP contribution in [0.5, 0.6) is 0 Å². The Kier molecular flexibility index (Phi) is 4.43. The normalized spacial score (nSPS) is 15.1. The second kappa shape index (κ2) is 6.50. The highest BCUT2D eigenvalue weighted by molar-refractivity contribution is 5.32. The van der Waals surface area contributed by atoms with Crippen molar-refractivity contribution in [2.75, 3.05) is 32.1 Å². The van der Waals surface area contributed by atoms with E-state index in [2.05, 4.69) is 25.9 Å². The number of H-pyrrole nitrogens is 1. The molecule has 0 saturated heterocycles. The summed E-state index contributed by atoms with van der Waals surface area (Å²) < 4.78 is 0. The summed E-state index contributed by atoms with van der Waals surface area (Å²) >= 11 is 0. The van der Waals surface area contributed by atoms with Gasteiger partial charge in [-0.3, -0.25) is 19.7 Å². The van der Waals surface area contributed by atoms with Gasteiger partial charge in [-0.2, -0.15) is 0 Å². The van der Waals surface area contributed by atoms with Crippen LogP contribution in [-0.4, -0.2) is 47.0 Å². The molecule has 0 aliphatic carbocycles. The quantitative estimate of drug-likeness (QED) is 0.920. The van der Waals surface area contributed by atoms with Gasteiger partial charge in [0.1, 0.15) is 0 Å². The average molecular weight is 313 g/mol. The molecule has 0 amide bonds. The monoisotopic (exact) mass is 313 g/mol. The number of hydrogen-bond acceptors (Lipinski definition) is 5. The maximum atomic E-state index is 12.3. The first-order valence-corrected chi connectivity index (χ1v) is 7.97. The second-order valence-corrected chi connectivity index (χ2v) is 6.26. The van der Waals surface area contributed by atoms with Gasteiger partial charge in [0.25, 0.3) is 5.56 Å². The van der Waals surface area contributed by atoms with Gasteiger partial charge in [0.15, 0.2) is 0 Å². The van der Waals surface area contributed by atoms with Gasteiger partial charge in [-0.1, -0.05) is 6.07 Å². The van der Waals surface area contributed by atoms with E-state index < -0.39 is 0 Å². The molecular formula is C17H23N5O. The molecule has 0 saturated carbocycles. The van der Waals surface area contributed by atoms with Crippen LogP contribution < -0.4 is 10.5 Å². The molecule has 0 unspecified atom stereocenters. The minimum absolute atomic E-state index is 0.00534. The maximum Gasteiger partial charge on any atom is 0.255 e. The lowest BCUT2D eigenvalue weighted by Crippen LogP contribution is -2.27. The number of aromatic amines is 1. The van der Waals surface area contributed by atoms with Gasteiger partial charge >= 0.3 is 0 Å². The number of nitrogens with zero attached hydrogens (tertiary/aromatic N) is 4. The van der Waals surface area contributed by atoms with Gasteiger partial charge < -0.3 is 4.90 Å². The number of pyridine rings is 1. The van der Waals surface area contributed by atoms with Gasteiger partial charge in [-0.25, -0.2) is 4.98 Å². The van der Waals surface area contributed by atoms with Crippen LogP contribution in [0.1, 0.15) is 22.6 Å². The average Bonchev–Trinajstić information content (AvgIpc) is 2.70. The van der Waals surface area contributed by atoms with Crippen LogP contribution >= 0.6 is 0 Å². The maximum absolute atomic E-state index is 12.3. The molecule has 23 heavy (non-hydrogen) atoms. The molecule has 0 radical (unpaired) electrons. The molecule has 2 aromatic rings. The van der Waals surface area contributed by atoms with Gasteiger partial charge in [0.2, 0.25) is 5.95 Å². The zero-order valence-electron chi connectivity index (χ0n) is 14.0. The first-order valence-electron chi connectivity index (χ1n) is 7.97. The third-order valence-electron chi connectivity index (χ3n) is 4.19. The van der Waals surface area contributed by atoms with E-state index in [9.17, 15) is 4.79 Å². The molecule has 1 N–H and O–H groups in total. The summed E-state index contributed by atoms with van der Waals surface area (Å²) in [5.41, 5.74) is 3.86. The Bertz CT molecular complexity index is 753. The molecule has 0 atom stereocenters. The van der Waals surface area contributed by atoms with Crippen molar-refractivity contribution >= 4 is 5.95 Å². The zero-order chi connectivity index (χ0) is 16.4. The summed E-state index contributed by atoms with van der Waals surface area (Å²) in [5.74, 6) is 0.627. The van der Waals surface area contributed by atoms with Crippen LogP contribution in [-0.2, 0) is 19.4 Å². The molecule has 0 fully saturated rings. The number of hydrogen-bond donors (Lipinski definition) is 1. The van der Waals surface area contributed by atoms with Gasteiger partial charge in [-0.15, -0.1) is 0 Å². The first kappa shape index (κ1) is 15.7. The van der Waals surface area contributed by atoms with Gasteiger partial charge in [0.05, 0.1) is 11.4 Å². The third-order valence-corrected chi connectivity index (χ3v) is 4.19. The fraction of sp³-hybridized carbons (Fsp3) is 0.471. The molecule has 1 aliphatic rings. The van der Waals surface area contributed by atoms with Crippen molar-refractivity contribution in [1.29, 1.82) is 0 Å². The van der Waals surface area contributed by atoms with Crippen molar-refractivity contribution in [2.45, 2.75) is 26.3 Å². The van der Waals surface area contributed by atoms with E-state index in [4.69, 9.17) is 0 Å². The summed E-state index contributed by atoms with van der Waals surface area (Å²) in [6.45, 7) is 4.57. The summed E-state index contributed by atoms with van der Waals surface area (Å²) in [4.78, 5) is 28.5. The van der Waals surface area contributed by atoms with E-state index in [1.165, 1.54) is 0 Å². The molecule has 6 nitrogen and oxygen atoms in total. The third kappa shape index (κ3) is 3.59. The molecule has 0 spiro atoms. The molecule has 122 valence electrons. The van der Waals surface area contributed by atoms with Crippen molar-refractivity contribution in [1.82, 2.24) is 19.9 Å². The lowest BCUT2D eigenvalue weighted by molar-refractivity contribution is 0.275. The van der Waals surface area contributed by atoms with Crippen molar-refractivity contribution in [3.8, 4) is 0 Å². The summed E-state index contributed by atoms with van der Waals surface area (Å²) in [6.07, 6.45) is 1.53. The fourth-order valence-electron chi connectivity index (χ4n) is 2.93. The minimum Gasteiger partial charge on any atom is -0.348 e. The van der Waals surface area contributed by atoms with Crippen molar-refractivity contribution in [2.24, 2.45) is 0 Å². The zero-order valence-corrected chi connectivity index (χ0v) is 14.0. The van der Waals surface area contributed by atoms with Crippen molar-refractivity contribution < 1.29 is 0 Å². The lowest BCUT2D eigenvalue weighted by atomic mass is 10.1. The standard InChI is InChI=1S/C17H23N5O/c1-12-5-4-6-13(18-12)11-22-9-7-14-15(8-10-22)19-17(21(2)3)20-16(14)23/h4-6H,7-11H2,1-3H3,(H,19,20,23). The predicted molar refractivity (Wildman–Crippen MR) is 90.8 cm³/mol. The Morgan fingerprint density at radius 1 is 1.22 bits per heavy atom. The Labute approximate surface area is 136 Å². The molecule has 2 aromatic heterocycles. The largest absolute Gasteiger partial charge is 0.348 e. The minimum atomic E-state index is -0.00534. The Balaban J connectivity index is 1.77. The number of fused-ring (bicyclic) bond motifs is 1. The molecule has 0 bridgehead atoms. The van der Waals surface area contributed by atoms with Crippen molar-refractivity contribution in [3.05, 3.63) is 51.2 Å². The predicted octanol–water partition coefficient (Wildman–Crippen LogP) is 1.14. The summed E-state index contributed by atoms with van der Waals surface area (Å²) in [6, 6.07) is 6.11. The Morgan fingerprint density at radius 2 is 2.00 bits per heavy atom. The summed E-state index contributed by atoms with van der Waals surface area (Å²) in [7, 11) is 3.77. The highest BCUT2D eigenvalue weighted by atomic mass is 16.1. The van der Waals surface area contributed by atoms with Crippen LogP contribution in [0.15, 0.2) is 23.0 Å². The van der Waals surface area contributed by atoms with E-state index in [-0.39, 0.29) is 5.56 Å². The van der Waals surface area contributed by atoms with E-state index in [1.807, 2.05) is 38.1 Å². The number of aryl methyl sites for hydroxylation is 1. The SMILES string of the molecule is Cc1cccc(CN2CCc3nc(N(C)C)[nH]c(=O)c3CC2)n1. The number of aromatic nitrogens is 3. The second-order valence-electron chi connectivity index (χ2n) is 6.26. The first-order chi connectivity index (χ1) is 11.0. The molecule has 3 heterocycles. The fourth-order valence-corrected chi connectivity index (χ4v) is 2.93. The van der Waals surface area contributed by atoms with Crippen molar-refractivity contribution in [3.63, 3.8) is 0 Å². The Hall–Kier alpha value is -2.21. The van der Waals surface area contributed by atoms with E-state index >= 15 is 0 Å². The smallest absolute Gasteiger partial charge is 0.255 e. The molecule has 1 aliphatic heterocycles. The molecular weight excluding hydrogens is 290 g/mol. The molecule has 3 rings (SSSR count). The Morgan fingerprint density at radius 3 is 2.74 bits per heavy atom. The van der Waals surface area contributed by atoms with Crippen LogP contribution in [0.25, 0.3) is 0 Å². The highest BCUT2D eigenvalue weighted by Crippen LogP contribution is 2.14. The van der Waals surface area contributed by atoms with Crippen LogP contribution in [0, 0.1) is 6.92 Å². The van der Waals surface area contributed by atoms with E-state index in [1.54, 1.807) is 0 Å². The van der Waals surface area contributed by atoms with Gasteiger partial charge in [-0.05, 0) is 25.5 Å².